The summed E-state index contributed by atoms with van der Waals surface area (Å²) in [6.45, 7) is 9.54. The highest BCUT2D eigenvalue weighted by atomic mass is 32.2. The Morgan fingerprint density at radius 1 is 1.15 bits per heavy atom. The number of aryl methyl sites for hydroxylation is 1. The molecule has 0 unspecified atom stereocenters. The Morgan fingerprint density at radius 2 is 1.82 bits per heavy atom. The second kappa shape index (κ2) is 13.1. The van der Waals surface area contributed by atoms with Crippen LogP contribution in [-0.2, 0) is 19.6 Å². The van der Waals surface area contributed by atoms with Gasteiger partial charge >= 0.3 is 7.12 Å². The first-order chi connectivity index (χ1) is 18.3. The van der Waals surface area contributed by atoms with E-state index in [2.05, 4.69) is 10.0 Å². The number of rotatable bonds is 12. The van der Waals surface area contributed by atoms with Gasteiger partial charge in [-0.3, -0.25) is 9.59 Å². The molecule has 3 rings (SSSR count). The van der Waals surface area contributed by atoms with E-state index in [1.54, 1.807) is 12.1 Å². The number of nitrogens with one attached hydrogen (secondary N) is 2. The maximum Gasteiger partial charge on any atom is 0.475 e. The monoisotopic (exact) mass is 563 g/mol. The zero-order valence-electron chi connectivity index (χ0n) is 24.0. The molecule has 1 aliphatic heterocycles. The Balaban J connectivity index is 1.91. The molecule has 1 aromatic rings. The fourth-order valence-corrected chi connectivity index (χ4v) is 7.67. The number of likely N-dealkylation sites (tertiary alicyclic amines) is 1. The summed E-state index contributed by atoms with van der Waals surface area (Å²) in [7, 11) is -5.73. The summed E-state index contributed by atoms with van der Waals surface area (Å²) >= 11 is 0. The number of carbonyl (C=O) groups excluding carboxylic acids is 2. The average Bonchev–Trinajstić information content (AvgIpc) is 3.18. The third-order valence-electron chi connectivity index (χ3n) is 8.36. The molecule has 9 nitrogen and oxygen atoms in total. The quantitative estimate of drug-likeness (QED) is 0.289. The minimum Gasteiger partial charge on any atom is -0.426 e. The Hall–Kier alpha value is -1.95. The van der Waals surface area contributed by atoms with Crippen molar-refractivity contribution < 1.29 is 28.1 Å². The highest BCUT2D eigenvalue weighted by Crippen LogP contribution is 2.36. The van der Waals surface area contributed by atoms with E-state index < -0.39 is 46.5 Å². The standard InChI is InChI=1S/C28H46BN3O6S/c1-19(2)16-25(29(35)36)30-26(33)24(18-22-11-7-6-8-12-22)32-15-14-28(20(3)4,27(32)34)31-39(37,38)23-13-9-10-21(5)17-23/h9-10,13,17,19-20,22,24-25,31,35-36H,6-8,11-12,14-16,18H2,1-5H3,(H,30,33)/t24-,25-,28-/m0/s1. The molecule has 2 fully saturated rings. The second-order valence-electron chi connectivity index (χ2n) is 12.2. The first-order valence-electron chi connectivity index (χ1n) is 14.3. The predicted molar refractivity (Wildman–Crippen MR) is 152 cm³/mol. The van der Waals surface area contributed by atoms with Crippen LogP contribution in [0.5, 0.6) is 0 Å². The Morgan fingerprint density at radius 3 is 2.38 bits per heavy atom. The molecule has 0 spiro atoms. The number of nitrogens with zero attached hydrogens (tertiary/aromatic N) is 1. The van der Waals surface area contributed by atoms with E-state index in [1.165, 1.54) is 11.0 Å². The third kappa shape index (κ3) is 7.62. The highest BCUT2D eigenvalue weighted by Gasteiger charge is 2.54. The van der Waals surface area contributed by atoms with E-state index in [1.807, 2.05) is 40.7 Å². The van der Waals surface area contributed by atoms with Gasteiger partial charge in [0.2, 0.25) is 21.8 Å². The van der Waals surface area contributed by atoms with Crippen LogP contribution in [0.15, 0.2) is 29.2 Å². The molecular weight excluding hydrogens is 517 g/mol. The van der Waals surface area contributed by atoms with E-state index in [0.29, 0.717) is 12.8 Å². The lowest BCUT2D eigenvalue weighted by Crippen LogP contribution is -2.60. The van der Waals surface area contributed by atoms with Crippen molar-refractivity contribution in [2.45, 2.75) is 108 Å². The first-order valence-corrected chi connectivity index (χ1v) is 15.8. The smallest absolute Gasteiger partial charge is 0.426 e. The Kier molecular flexibility index (Phi) is 10.6. The van der Waals surface area contributed by atoms with Crippen molar-refractivity contribution in [1.29, 1.82) is 0 Å². The molecule has 0 bridgehead atoms. The van der Waals surface area contributed by atoms with Gasteiger partial charge in [-0.1, -0.05) is 71.9 Å². The van der Waals surface area contributed by atoms with Crippen LogP contribution in [0.4, 0.5) is 0 Å². The lowest BCUT2D eigenvalue weighted by Gasteiger charge is -2.36. The van der Waals surface area contributed by atoms with Crippen LogP contribution in [0.2, 0.25) is 0 Å². The molecule has 1 saturated heterocycles. The van der Waals surface area contributed by atoms with Crippen LogP contribution in [0.3, 0.4) is 0 Å². The van der Waals surface area contributed by atoms with Gasteiger partial charge in [-0.2, -0.15) is 4.72 Å². The van der Waals surface area contributed by atoms with Crippen LogP contribution in [0.1, 0.15) is 84.6 Å². The largest absolute Gasteiger partial charge is 0.475 e. The van der Waals surface area contributed by atoms with Crippen LogP contribution in [0.25, 0.3) is 0 Å². The average molecular weight is 564 g/mol. The normalized spacial score (nSPS) is 22.4. The van der Waals surface area contributed by atoms with Crippen molar-refractivity contribution in [2.24, 2.45) is 17.8 Å². The lowest BCUT2D eigenvalue weighted by atomic mass is 9.74. The number of carbonyl (C=O) groups is 2. The summed E-state index contributed by atoms with van der Waals surface area (Å²) in [5.74, 6) is -1.67. The number of sulfonamides is 1. The van der Waals surface area contributed by atoms with E-state index >= 15 is 0 Å². The van der Waals surface area contributed by atoms with E-state index in [4.69, 9.17) is 0 Å². The van der Waals surface area contributed by atoms with Crippen molar-refractivity contribution in [3.05, 3.63) is 29.8 Å². The molecular formula is C28H46BN3O6S. The SMILES string of the molecule is Cc1cccc(S(=O)(=O)N[C@]2(C(C)C)CCN([C@@H](CC3CCCCC3)C(=O)N[C@@H](CC(C)C)B(O)O)C2=O)c1. The molecule has 3 atom stereocenters. The fraction of sp³-hybridized carbons (Fsp3) is 0.714. The summed E-state index contributed by atoms with van der Waals surface area (Å²) in [4.78, 5) is 29.5. The van der Waals surface area contributed by atoms with E-state index in [9.17, 15) is 28.1 Å². The summed E-state index contributed by atoms with van der Waals surface area (Å²) < 4.78 is 29.6. The number of hydrogen-bond donors (Lipinski definition) is 4. The van der Waals surface area contributed by atoms with Crippen molar-refractivity contribution in [3.63, 3.8) is 0 Å². The molecule has 0 aromatic heterocycles. The van der Waals surface area contributed by atoms with Crippen molar-refractivity contribution in [3.8, 4) is 0 Å². The first kappa shape index (κ1) is 31.6. The summed E-state index contributed by atoms with van der Waals surface area (Å²) in [5, 5.41) is 22.7. The fourth-order valence-electron chi connectivity index (χ4n) is 6.04. The van der Waals surface area contributed by atoms with E-state index in [-0.39, 0.29) is 35.6 Å². The lowest BCUT2D eigenvalue weighted by molar-refractivity contribution is -0.142. The van der Waals surface area contributed by atoms with Gasteiger partial charge in [0.15, 0.2) is 0 Å². The second-order valence-corrected chi connectivity index (χ2v) is 13.9. The van der Waals surface area contributed by atoms with Crippen LogP contribution in [0, 0.1) is 24.7 Å². The zero-order valence-corrected chi connectivity index (χ0v) is 24.8. The maximum absolute atomic E-state index is 14.2. The molecule has 1 aliphatic carbocycles. The molecule has 4 N–H and O–H groups in total. The van der Waals surface area contributed by atoms with Gasteiger partial charge in [0.05, 0.1) is 10.8 Å². The van der Waals surface area contributed by atoms with Gasteiger partial charge in [-0.25, -0.2) is 8.42 Å². The number of hydrogen-bond acceptors (Lipinski definition) is 6. The third-order valence-corrected chi connectivity index (χ3v) is 9.87. The molecule has 2 amide bonds. The van der Waals surface area contributed by atoms with Crippen molar-refractivity contribution in [2.75, 3.05) is 6.54 Å². The number of amides is 2. The van der Waals surface area contributed by atoms with Crippen LogP contribution < -0.4 is 10.0 Å². The maximum atomic E-state index is 14.2. The number of benzene rings is 1. The summed E-state index contributed by atoms with van der Waals surface area (Å²) in [5.41, 5.74) is -0.594. The van der Waals surface area contributed by atoms with E-state index in [0.717, 1.165) is 37.7 Å². The van der Waals surface area contributed by atoms with Crippen molar-refractivity contribution >= 4 is 29.0 Å². The minimum absolute atomic E-state index is 0.0961. The van der Waals surface area contributed by atoms with Crippen LogP contribution in [-0.4, -0.2) is 66.4 Å². The van der Waals surface area contributed by atoms with Gasteiger partial charge in [0.25, 0.3) is 0 Å². The molecule has 1 aromatic carbocycles. The summed E-state index contributed by atoms with van der Waals surface area (Å²) in [6.07, 6.45) is 6.32. The van der Waals surface area contributed by atoms with Gasteiger partial charge in [-0.15, -0.1) is 0 Å². The molecule has 1 heterocycles. The summed E-state index contributed by atoms with van der Waals surface area (Å²) in [6, 6.07) is 5.74. The predicted octanol–water partition coefficient (Wildman–Crippen LogP) is 2.78. The molecule has 2 aliphatic rings. The van der Waals surface area contributed by atoms with Crippen molar-refractivity contribution in [1.82, 2.24) is 14.9 Å². The Bertz CT molecular complexity index is 1110. The molecule has 11 heteroatoms. The molecule has 1 saturated carbocycles. The minimum atomic E-state index is -4.01. The topological polar surface area (TPSA) is 136 Å². The zero-order chi connectivity index (χ0) is 29.0. The highest BCUT2D eigenvalue weighted by molar-refractivity contribution is 7.89. The van der Waals surface area contributed by atoms with Gasteiger partial charge in [-0.05, 0) is 61.6 Å². The Labute approximate surface area is 234 Å². The van der Waals surface area contributed by atoms with Gasteiger partial charge < -0.3 is 20.3 Å². The molecule has 0 radical (unpaired) electrons. The molecule has 39 heavy (non-hydrogen) atoms. The molecule has 218 valence electrons. The van der Waals surface area contributed by atoms with Crippen LogP contribution >= 0.6 is 0 Å². The van der Waals surface area contributed by atoms with Gasteiger partial charge in [0.1, 0.15) is 11.6 Å². The van der Waals surface area contributed by atoms with Gasteiger partial charge in [0, 0.05) is 6.54 Å².